The van der Waals surface area contributed by atoms with Gasteiger partial charge < -0.3 is 5.32 Å². The molecule has 0 unspecified atom stereocenters. The van der Waals surface area contributed by atoms with E-state index in [2.05, 4.69) is 16.3 Å². The number of nitrogens with one attached hydrogen (secondary N) is 1. The summed E-state index contributed by atoms with van der Waals surface area (Å²) in [5.41, 5.74) is 0.975. The summed E-state index contributed by atoms with van der Waals surface area (Å²) in [6.45, 7) is 4.90. The van der Waals surface area contributed by atoms with Crippen LogP contribution < -0.4 is 5.32 Å². The van der Waals surface area contributed by atoms with Crippen LogP contribution in [0.25, 0.3) is 0 Å². The number of carbonyl (C=O) groups is 1. The number of rotatable bonds is 7. The molecule has 1 aromatic rings. The second-order valence-corrected chi connectivity index (χ2v) is 10.4. The smallest absolute Gasteiger partial charge is 0.251 e. The molecule has 1 amide bonds. The highest BCUT2D eigenvalue weighted by Gasteiger charge is 2.40. The molecule has 8 heteroatoms. The molecule has 3 rings (SSSR count). The number of sulfonamides is 1. The largest absolute Gasteiger partial charge is 0.350 e. The molecule has 2 aliphatic rings. The highest BCUT2D eigenvalue weighted by molar-refractivity contribution is 7.89. The fourth-order valence-electron chi connectivity index (χ4n) is 4.69. The summed E-state index contributed by atoms with van der Waals surface area (Å²) in [5.74, 6) is 0.0762. The van der Waals surface area contributed by atoms with Gasteiger partial charge in [-0.1, -0.05) is 26.2 Å². The molecule has 0 radical (unpaired) electrons. The van der Waals surface area contributed by atoms with Crippen molar-refractivity contribution in [3.05, 3.63) is 35.4 Å². The quantitative estimate of drug-likeness (QED) is 0.714. The van der Waals surface area contributed by atoms with Crippen LogP contribution in [0.3, 0.4) is 0 Å². The number of piperazine rings is 1. The molecule has 1 saturated carbocycles. The van der Waals surface area contributed by atoms with E-state index < -0.39 is 10.0 Å². The molecule has 0 spiro atoms. The van der Waals surface area contributed by atoms with Gasteiger partial charge in [-0.2, -0.15) is 9.57 Å². The van der Waals surface area contributed by atoms with Gasteiger partial charge in [0.15, 0.2) is 0 Å². The third-order valence-corrected chi connectivity index (χ3v) is 8.48. The van der Waals surface area contributed by atoms with Crippen LogP contribution >= 0.6 is 0 Å². The predicted octanol–water partition coefficient (Wildman–Crippen LogP) is 2.35. The summed E-state index contributed by atoms with van der Waals surface area (Å²) in [6, 6.07) is 8.73. The second-order valence-electron chi connectivity index (χ2n) is 8.36. The van der Waals surface area contributed by atoms with Crippen LogP contribution in [0.5, 0.6) is 0 Å². The molecule has 1 aliphatic heterocycles. The lowest BCUT2D eigenvalue weighted by atomic mass is 9.79. The summed E-state index contributed by atoms with van der Waals surface area (Å²) < 4.78 is 26.4. The SMILES string of the molecule is CCCS(=O)(=O)N1CCN(C2(CNC(=O)c3ccc(C#N)cc3)CCCCC2)CC1. The van der Waals surface area contributed by atoms with Crippen LogP contribution in [0.1, 0.15) is 61.4 Å². The van der Waals surface area contributed by atoms with Gasteiger partial charge in [0.05, 0.1) is 17.4 Å². The molecular formula is C22H32N4O3S. The third-order valence-electron chi connectivity index (χ3n) is 6.40. The zero-order valence-electron chi connectivity index (χ0n) is 17.8. The molecule has 1 aromatic carbocycles. The Morgan fingerprint density at radius 1 is 1.10 bits per heavy atom. The van der Waals surface area contributed by atoms with Crippen LogP contribution in [-0.4, -0.2) is 67.5 Å². The molecule has 1 heterocycles. The van der Waals surface area contributed by atoms with Gasteiger partial charge in [-0.05, 0) is 43.5 Å². The first-order valence-electron chi connectivity index (χ1n) is 10.9. The maximum absolute atomic E-state index is 12.7. The molecule has 0 bridgehead atoms. The van der Waals surface area contributed by atoms with Crippen LogP contribution in [0.4, 0.5) is 0 Å². The Morgan fingerprint density at radius 2 is 1.73 bits per heavy atom. The topological polar surface area (TPSA) is 93.5 Å². The molecule has 30 heavy (non-hydrogen) atoms. The summed E-state index contributed by atoms with van der Waals surface area (Å²) >= 11 is 0. The molecule has 1 aliphatic carbocycles. The lowest BCUT2D eigenvalue weighted by Crippen LogP contribution is -2.62. The van der Waals surface area contributed by atoms with E-state index in [4.69, 9.17) is 5.26 Å². The Labute approximate surface area is 180 Å². The number of carbonyl (C=O) groups excluding carboxylic acids is 1. The Bertz CT molecular complexity index is 863. The van der Waals surface area contributed by atoms with Crippen molar-refractivity contribution in [2.45, 2.75) is 51.0 Å². The van der Waals surface area contributed by atoms with Gasteiger partial charge in [-0.25, -0.2) is 8.42 Å². The highest BCUT2D eigenvalue weighted by Crippen LogP contribution is 2.34. The normalized spacial score (nSPS) is 20.4. The summed E-state index contributed by atoms with van der Waals surface area (Å²) in [7, 11) is -3.16. The first kappa shape index (κ1) is 22.7. The number of amides is 1. The molecule has 0 atom stereocenters. The molecule has 7 nitrogen and oxygen atoms in total. The first-order valence-corrected chi connectivity index (χ1v) is 12.5. The molecule has 0 aromatic heterocycles. The first-order chi connectivity index (χ1) is 14.4. The third kappa shape index (κ3) is 5.20. The number of benzene rings is 1. The average molecular weight is 433 g/mol. The van der Waals surface area contributed by atoms with Gasteiger partial charge in [-0.15, -0.1) is 0 Å². The van der Waals surface area contributed by atoms with Gasteiger partial charge in [0, 0.05) is 43.8 Å². The Kier molecular flexibility index (Phi) is 7.50. The zero-order valence-corrected chi connectivity index (χ0v) is 18.6. The van der Waals surface area contributed by atoms with Crippen molar-refractivity contribution in [3.8, 4) is 6.07 Å². The van der Waals surface area contributed by atoms with Crippen molar-refractivity contribution in [1.82, 2.24) is 14.5 Å². The van der Waals surface area contributed by atoms with Crippen LogP contribution in [-0.2, 0) is 10.0 Å². The molecule has 164 valence electrons. The molecule has 1 saturated heterocycles. The fourth-order valence-corrected chi connectivity index (χ4v) is 6.18. The lowest BCUT2D eigenvalue weighted by Gasteiger charge is -2.49. The van der Waals surface area contributed by atoms with E-state index in [1.807, 2.05) is 6.92 Å². The van der Waals surface area contributed by atoms with E-state index in [0.29, 0.717) is 50.3 Å². The van der Waals surface area contributed by atoms with Crippen LogP contribution in [0.15, 0.2) is 24.3 Å². The summed E-state index contributed by atoms with van der Waals surface area (Å²) in [4.78, 5) is 15.1. The van der Waals surface area contributed by atoms with E-state index in [9.17, 15) is 13.2 Å². The van der Waals surface area contributed by atoms with E-state index in [1.165, 1.54) is 6.42 Å². The number of nitrogens with zero attached hydrogens (tertiary/aromatic N) is 3. The van der Waals surface area contributed by atoms with Crippen molar-refractivity contribution >= 4 is 15.9 Å². The predicted molar refractivity (Wildman–Crippen MR) is 117 cm³/mol. The van der Waals surface area contributed by atoms with Crippen LogP contribution in [0, 0.1) is 11.3 Å². The second kappa shape index (κ2) is 9.90. The molecule has 1 N–H and O–H groups in total. The lowest BCUT2D eigenvalue weighted by molar-refractivity contribution is 0.0240. The molecule has 2 fully saturated rings. The van der Waals surface area contributed by atoms with Crippen molar-refractivity contribution in [2.75, 3.05) is 38.5 Å². The fraction of sp³-hybridized carbons (Fsp3) is 0.636. The van der Waals surface area contributed by atoms with E-state index in [-0.39, 0.29) is 17.2 Å². The van der Waals surface area contributed by atoms with Gasteiger partial charge in [0.1, 0.15) is 0 Å². The minimum Gasteiger partial charge on any atom is -0.350 e. The standard InChI is InChI=1S/C22H32N4O3S/c1-2-16-30(28,29)26-14-12-25(13-15-26)22(10-4-3-5-11-22)18-24-21(27)20-8-6-19(17-23)7-9-20/h6-9H,2-5,10-16,18H2,1H3,(H,24,27). The van der Waals surface area contributed by atoms with Crippen molar-refractivity contribution in [3.63, 3.8) is 0 Å². The number of nitriles is 1. The van der Waals surface area contributed by atoms with E-state index in [0.717, 1.165) is 25.7 Å². The summed E-state index contributed by atoms with van der Waals surface area (Å²) in [6.07, 6.45) is 6.12. The monoisotopic (exact) mass is 432 g/mol. The average Bonchev–Trinajstić information content (AvgIpc) is 2.78. The van der Waals surface area contributed by atoms with Gasteiger partial charge in [0.25, 0.3) is 5.91 Å². The number of hydrogen-bond donors (Lipinski definition) is 1. The van der Waals surface area contributed by atoms with Crippen molar-refractivity contribution < 1.29 is 13.2 Å². The minimum absolute atomic E-state index is 0.110. The van der Waals surface area contributed by atoms with Crippen LogP contribution in [0.2, 0.25) is 0 Å². The maximum atomic E-state index is 12.7. The Morgan fingerprint density at radius 3 is 2.30 bits per heavy atom. The van der Waals surface area contributed by atoms with E-state index >= 15 is 0 Å². The maximum Gasteiger partial charge on any atom is 0.251 e. The zero-order chi connectivity index (χ0) is 21.6. The van der Waals surface area contributed by atoms with Gasteiger partial charge in [0.2, 0.25) is 10.0 Å². The van der Waals surface area contributed by atoms with E-state index in [1.54, 1.807) is 28.6 Å². The van der Waals surface area contributed by atoms with Gasteiger partial charge in [-0.3, -0.25) is 9.69 Å². The molecular weight excluding hydrogens is 400 g/mol. The highest BCUT2D eigenvalue weighted by atomic mass is 32.2. The van der Waals surface area contributed by atoms with Crippen molar-refractivity contribution in [2.24, 2.45) is 0 Å². The number of hydrogen-bond acceptors (Lipinski definition) is 5. The Balaban J connectivity index is 1.65. The van der Waals surface area contributed by atoms with Gasteiger partial charge >= 0.3 is 0 Å². The minimum atomic E-state index is -3.16. The van der Waals surface area contributed by atoms with Crippen molar-refractivity contribution in [1.29, 1.82) is 5.26 Å². The summed E-state index contributed by atoms with van der Waals surface area (Å²) in [5, 5.41) is 12.0. The Hall–Kier alpha value is -1.95.